The second-order valence-electron chi connectivity index (χ2n) is 6.75. The molecule has 1 saturated heterocycles. The SMILES string of the molecule is Cc1cc(-c2cncc3cc(C=C4SC(=S)NC4=O)oc23)ccc1OC(C)C. The zero-order valence-corrected chi connectivity index (χ0v) is 17.2. The van der Waals surface area contributed by atoms with Gasteiger partial charge in [-0.2, -0.15) is 0 Å². The summed E-state index contributed by atoms with van der Waals surface area (Å²) in [7, 11) is 0. The minimum absolute atomic E-state index is 0.119. The van der Waals surface area contributed by atoms with E-state index < -0.39 is 0 Å². The molecule has 0 unspecified atom stereocenters. The molecule has 142 valence electrons. The van der Waals surface area contributed by atoms with Gasteiger partial charge in [0.05, 0.1) is 11.0 Å². The quantitative estimate of drug-likeness (QED) is 0.478. The molecule has 1 aliphatic rings. The number of thioether (sulfide) groups is 1. The van der Waals surface area contributed by atoms with E-state index in [4.69, 9.17) is 21.4 Å². The number of thiocarbonyl (C=S) groups is 1. The minimum atomic E-state index is -0.204. The van der Waals surface area contributed by atoms with E-state index >= 15 is 0 Å². The van der Waals surface area contributed by atoms with Crippen molar-refractivity contribution in [1.29, 1.82) is 0 Å². The molecule has 1 N–H and O–H groups in total. The van der Waals surface area contributed by atoms with Crippen molar-refractivity contribution in [3.63, 3.8) is 0 Å². The molecule has 28 heavy (non-hydrogen) atoms. The number of rotatable bonds is 4. The van der Waals surface area contributed by atoms with E-state index in [-0.39, 0.29) is 12.0 Å². The molecule has 1 amide bonds. The molecular weight excluding hydrogens is 392 g/mol. The van der Waals surface area contributed by atoms with Crippen LogP contribution in [0.15, 0.2) is 46.0 Å². The third kappa shape index (κ3) is 3.68. The highest BCUT2D eigenvalue weighted by Crippen LogP contribution is 2.34. The van der Waals surface area contributed by atoms with Gasteiger partial charge in [-0.3, -0.25) is 9.78 Å². The molecule has 0 saturated carbocycles. The molecule has 5 nitrogen and oxygen atoms in total. The van der Waals surface area contributed by atoms with Crippen LogP contribution in [0.1, 0.15) is 25.2 Å². The van der Waals surface area contributed by atoms with Crippen molar-refractivity contribution in [3.8, 4) is 16.9 Å². The molecule has 0 spiro atoms. The Morgan fingerprint density at radius 2 is 2.11 bits per heavy atom. The van der Waals surface area contributed by atoms with Crippen LogP contribution in [0.5, 0.6) is 5.75 Å². The van der Waals surface area contributed by atoms with Crippen molar-refractivity contribution in [2.75, 3.05) is 0 Å². The summed E-state index contributed by atoms with van der Waals surface area (Å²) >= 11 is 6.26. The summed E-state index contributed by atoms with van der Waals surface area (Å²) in [6, 6.07) is 7.90. The van der Waals surface area contributed by atoms with E-state index in [1.165, 1.54) is 11.8 Å². The van der Waals surface area contributed by atoms with Gasteiger partial charge in [0.25, 0.3) is 5.91 Å². The minimum Gasteiger partial charge on any atom is -0.491 e. The van der Waals surface area contributed by atoms with E-state index in [2.05, 4.69) is 16.4 Å². The lowest BCUT2D eigenvalue weighted by molar-refractivity contribution is -0.115. The Bertz CT molecular complexity index is 1130. The molecule has 7 heteroatoms. The molecular formula is C21H18N2O3S2. The Labute approximate surface area is 172 Å². The second-order valence-corrected chi connectivity index (χ2v) is 8.47. The molecule has 0 bridgehead atoms. The number of amides is 1. The number of hydrogen-bond donors (Lipinski definition) is 1. The first-order valence-electron chi connectivity index (χ1n) is 8.81. The number of pyridine rings is 1. The number of furan rings is 1. The number of ether oxygens (including phenoxy) is 1. The maximum absolute atomic E-state index is 11.9. The molecule has 0 aliphatic carbocycles. The van der Waals surface area contributed by atoms with Crippen LogP contribution >= 0.6 is 24.0 Å². The number of aromatic nitrogens is 1. The van der Waals surface area contributed by atoms with Gasteiger partial charge in [0, 0.05) is 29.4 Å². The van der Waals surface area contributed by atoms with Crippen LogP contribution in [0.2, 0.25) is 0 Å². The van der Waals surface area contributed by atoms with Gasteiger partial charge in [0.15, 0.2) is 0 Å². The normalized spacial score (nSPS) is 15.6. The number of carbonyl (C=O) groups excluding carboxylic acids is 1. The summed E-state index contributed by atoms with van der Waals surface area (Å²) in [4.78, 5) is 16.7. The summed E-state index contributed by atoms with van der Waals surface area (Å²) in [5.41, 5.74) is 3.66. The van der Waals surface area contributed by atoms with Crippen molar-refractivity contribution in [3.05, 3.63) is 52.9 Å². The van der Waals surface area contributed by atoms with Crippen LogP contribution in [-0.2, 0) is 4.79 Å². The first-order valence-corrected chi connectivity index (χ1v) is 10.0. The number of benzene rings is 1. The standard InChI is InChI=1S/C21H18N2O3S2/c1-11(2)25-17-5-4-13(6-12(17)3)16-10-22-9-14-7-15(26-19(14)16)8-18-20(24)23-21(27)28-18/h4-11H,1-3H3,(H,23,24,27). The van der Waals surface area contributed by atoms with Gasteiger partial charge >= 0.3 is 0 Å². The van der Waals surface area contributed by atoms with Crippen LogP contribution in [0.4, 0.5) is 0 Å². The van der Waals surface area contributed by atoms with Crippen LogP contribution in [-0.4, -0.2) is 21.3 Å². The van der Waals surface area contributed by atoms with Crippen molar-refractivity contribution in [1.82, 2.24) is 10.3 Å². The van der Waals surface area contributed by atoms with Gasteiger partial charge in [-0.15, -0.1) is 0 Å². The van der Waals surface area contributed by atoms with Gasteiger partial charge in [0.2, 0.25) is 0 Å². The summed E-state index contributed by atoms with van der Waals surface area (Å²) in [6.07, 6.45) is 5.36. The van der Waals surface area contributed by atoms with Crippen molar-refractivity contribution in [2.24, 2.45) is 0 Å². The van der Waals surface area contributed by atoms with E-state index in [1.807, 2.05) is 39.0 Å². The highest BCUT2D eigenvalue weighted by molar-refractivity contribution is 8.26. The summed E-state index contributed by atoms with van der Waals surface area (Å²) < 4.78 is 12.3. The number of carbonyl (C=O) groups is 1. The number of nitrogens with one attached hydrogen (secondary N) is 1. The molecule has 4 rings (SSSR count). The van der Waals surface area contributed by atoms with Gasteiger partial charge in [-0.1, -0.05) is 30.0 Å². The molecule has 1 fully saturated rings. The van der Waals surface area contributed by atoms with E-state index in [0.717, 1.165) is 33.4 Å². The molecule has 1 aromatic carbocycles. The lowest BCUT2D eigenvalue weighted by Crippen LogP contribution is -2.17. The molecule has 3 aromatic rings. The summed E-state index contributed by atoms with van der Waals surface area (Å²) in [5, 5.41) is 3.48. The average molecular weight is 411 g/mol. The lowest BCUT2D eigenvalue weighted by Gasteiger charge is -2.13. The largest absolute Gasteiger partial charge is 0.491 e. The molecule has 1 aliphatic heterocycles. The average Bonchev–Trinajstić information content (AvgIpc) is 3.18. The zero-order chi connectivity index (χ0) is 19.8. The van der Waals surface area contributed by atoms with Gasteiger partial charge in [-0.25, -0.2) is 0 Å². The van der Waals surface area contributed by atoms with E-state index in [1.54, 1.807) is 18.5 Å². The monoisotopic (exact) mass is 410 g/mol. The Balaban J connectivity index is 1.74. The van der Waals surface area contributed by atoms with E-state index in [9.17, 15) is 4.79 Å². The topological polar surface area (TPSA) is 64.4 Å². The zero-order valence-electron chi connectivity index (χ0n) is 15.6. The first kappa shape index (κ1) is 18.7. The van der Waals surface area contributed by atoms with Gasteiger partial charge < -0.3 is 14.5 Å². The molecule has 0 radical (unpaired) electrons. The number of hydrogen-bond acceptors (Lipinski definition) is 6. The Hall–Kier alpha value is -2.64. The van der Waals surface area contributed by atoms with E-state index in [0.29, 0.717) is 15.0 Å². The maximum atomic E-state index is 11.9. The predicted molar refractivity (Wildman–Crippen MR) is 116 cm³/mol. The number of nitrogens with zero attached hydrogens (tertiary/aromatic N) is 1. The smallest absolute Gasteiger partial charge is 0.263 e. The summed E-state index contributed by atoms with van der Waals surface area (Å²) in [5.74, 6) is 1.25. The Morgan fingerprint density at radius 1 is 1.29 bits per heavy atom. The van der Waals surface area contributed by atoms with Crippen LogP contribution < -0.4 is 10.1 Å². The van der Waals surface area contributed by atoms with Crippen LogP contribution in [0.25, 0.3) is 28.2 Å². The third-order valence-corrected chi connectivity index (χ3v) is 5.37. The third-order valence-electron chi connectivity index (χ3n) is 4.21. The van der Waals surface area contributed by atoms with Gasteiger partial charge in [0.1, 0.15) is 21.4 Å². The van der Waals surface area contributed by atoms with Gasteiger partial charge in [-0.05, 0) is 50.1 Å². The van der Waals surface area contributed by atoms with Crippen molar-refractivity contribution < 1.29 is 13.9 Å². The second kappa shape index (κ2) is 7.41. The molecule has 3 heterocycles. The van der Waals surface area contributed by atoms with Crippen molar-refractivity contribution in [2.45, 2.75) is 26.9 Å². The fourth-order valence-corrected chi connectivity index (χ4v) is 4.04. The first-order chi connectivity index (χ1) is 13.4. The highest BCUT2D eigenvalue weighted by atomic mass is 32.2. The fraction of sp³-hybridized carbons (Fsp3) is 0.190. The predicted octanol–water partition coefficient (Wildman–Crippen LogP) is 5.08. The number of fused-ring (bicyclic) bond motifs is 1. The molecule has 2 aromatic heterocycles. The molecule has 0 atom stereocenters. The fourth-order valence-electron chi connectivity index (χ4n) is 3.01. The lowest BCUT2D eigenvalue weighted by atomic mass is 10.0. The van der Waals surface area contributed by atoms with Crippen LogP contribution in [0.3, 0.4) is 0 Å². The summed E-state index contributed by atoms with van der Waals surface area (Å²) in [6.45, 7) is 6.03. The van der Waals surface area contributed by atoms with Crippen LogP contribution in [0, 0.1) is 6.92 Å². The Morgan fingerprint density at radius 3 is 2.79 bits per heavy atom. The number of aryl methyl sites for hydroxylation is 1. The highest BCUT2D eigenvalue weighted by Gasteiger charge is 2.23. The van der Waals surface area contributed by atoms with Crippen molar-refractivity contribution >= 4 is 51.3 Å². The Kier molecular flexibility index (Phi) is 4.95. The maximum Gasteiger partial charge on any atom is 0.263 e.